The molecule has 0 radical (unpaired) electrons. The van der Waals surface area contributed by atoms with Gasteiger partial charge in [-0.3, -0.25) is 4.98 Å². The minimum absolute atomic E-state index is 0.0742. The van der Waals surface area contributed by atoms with E-state index in [1.54, 1.807) is 12.4 Å². The van der Waals surface area contributed by atoms with Crippen LogP contribution < -0.4 is 5.73 Å². The lowest BCUT2D eigenvalue weighted by Gasteiger charge is -2.08. The molecule has 0 aliphatic carbocycles. The van der Waals surface area contributed by atoms with Gasteiger partial charge in [-0.2, -0.15) is 0 Å². The summed E-state index contributed by atoms with van der Waals surface area (Å²) in [6.45, 7) is 0. The minimum atomic E-state index is 0.0742. The summed E-state index contributed by atoms with van der Waals surface area (Å²) < 4.78 is 0. The van der Waals surface area contributed by atoms with E-state index in [0.717, 1.165) is 20.8 Å². The lowest BCUT2D eigenvalue weighted by molar-refractivity contribution is 0.318. The zero-order valence-corrected chi connectivity index (χ0v) is 11.8. The monoisotopic (exact) mass is 296 g/mol. The summed E-state index contributed by atoms with van der Waals surface area (Å²) in [4.78, 5) is 9.61. The van der Waals surface area contributed by atoms with Crippen molar-refractivity contribution >= 4 is 28.5 Å². The molecule has 2 heterocycles. The third kappa shape index (κ3) is 2.80. The molecule has 0 amide bonds. The summed E-state index contributed by atoms with van der Waals surface area (Å²) in [6.07, 6.45) is 3.46. The molecule has 3 aromatic rings. The van der Waals surface area contributed by atoms with E-state index in [9.17, 15) is 0 Å². The van der Waals surface area contributed by atoms with Crippen molar-refractivity contribution in [3.05, 3.63) is 60.4 Å². The van der Waals surface area contributed by atoms with Crippen molar-refractivity contribution in [2.24, 2.45) is 10.9 Å². The SMILES string of the molecule is N/C(=N/O)c1cc(Sc2ccncc2)nc2ccccc12. The zero-order chi connectivity index (χ0) is 14.7. The number of amidine groups is 1. The Labute approximate surface area is 125 Å². The molecule has 0 unspecified atom stereocenters. The molecule has 104 valence electrons. The second-order valence-electron chi connectivity index (χ2n) is 4.30. The third-order valence-corrected chi connectivity index (χ3v) is 3.87. The number of hydrogen-bond acceptors (Lipinski definition) is 5. The Kier molecular flexibility index (Phi) is 3.70. The summed E-state index contributed by atoms with van der Waals surface area (Å²) in [6, 6.07) is 13.2. The Morgan fingerprint density at radius 2 is 1.90 bits per heavy atom. The molecule has 3 rings (SSSR count). The fraction of sp³-hybridized carbons (Fsp3) is 0. The summed E-state index contributed by atoms with van der Waals surface area (Å²) in [5.41, 5.74) is 7.25. The predicted octanol–water partition coefficient (Wildman–Crippen LogP) is 2.88. The van der Waals surface area contributed by atoms with Gasteiger partial charge < -0.3 is 10.9 Å². The fourth-order valence-corrected chi connectivity index (χ4v) is 2.82. The Bertz CT molecular complexity index is 805. The van der Waals surface area contributed by atoms with Gasteiger partial charge in [0.1, 0.15) is 5.03 Å². The number of benzene rings is 1. The molecular weight excluding hydrogens is 284 g/mol. The van der Waals surface area contributed by atoms with Crippen LogP contribution in [0.15, 0.2) is 69.9 Å². The van der Waals surface area contributed by atoms with Crippen molar-refractivity contribution in [2.45, 2.75) is 9.92 Å². The quantitative estimate of drug-likeness (QED) is 0.336. The molecule has 0 fully saturated rings. The number of para-hydroxylation sites is 1. The second kappa shape index (κ2) is 5.80. The molecule has 3 N–H and O–H groups in total. The Morgan fingerprint density at radius 3 is 2.67 bits per heavy atom. The van der Waals surface area contributed by atoms with E-state index >= 15 is 0 Å². The van der Waals surface area contributed by atoms with Crippen molar-refractivity contribution in [3.8, 4) is 0 Å². The van der Waals surface area contributed by atoms with Crippen molar-refractivity contribution in [1.82, 2.24) is 9.97 Å². The van der Waals surface area contributed by atoms with Crippen molar-refractivity contribution in [3.63, 3.8) is 0 Å². The van der Waals surface area contributed by atoms with Gasteiger partial charge in [-0.05, 0) is 24.3 Å². The number of nitrogens with two attached hydrogens (primary N) is 1. The van der Waals surface area contributed by atoms with Gasteiger partial charge in [0.25, 0.3) is 0 Å². The predicted molar refractivity (Wildman–Crippen MR) is 82.6 cm³/mol. The van der Waals surface area contributed by atoms with Gasteiger partial charge in [-0.25, -0.2) is 4.98 Å². The largest absolute Gasteiger partial charge is 0.409 e. The number of fused-ring (bicyclic) bond motifs is 1. The van der Waals surface area contributed by atoms with E-state index in [-0.39, 0.29) is 5.84 Å². The molecule has 0 spiro atoms. The van der Waals surface area contributed by atoms with Crippen LogP contribution >= 0.6 is 11.8 Å². The topological polar surface area (TPSA) is 84.4 Å². The first kappa shape index (κ1) is 13.4. The van der Waals surface area contributed by atoms with Gasteiger partial charge in [0.2, 0.25) is 0 Å². The first-order valence-corrected chi connectivity index (χ1v) is 7.05. The first-order valence-electron chi connectivity index (χ1n) is 6.23. The van der Waals surface area contributed by atoms with Crippen LogP contribution in [-0.4, -0.2) is 21.0 Å². The molecule has 2 aromatic heterocycles. The van der Waals surface area contributed by atoms with Gasteiger partial charge in [-0.1, -0.05) is 35.1 Å². The number of pyridine rings is 2. The second-order valence-corrected chi connectivity index (χ2v) is 5.39. The lowest BCUT2D eigenvalue weighted by atomic mass is 10.1. The van der Waals surface area contributed by atoms with E-state index in [4.69, 9.17) is 10.9 Å². The fourth-order valence-electron chi connectivity index (χ4n) is 2.00. The van der Waals surface area contributed by atoms with Crippen LogP contribution in [0.3, 0.4) is 0 Å². The highest BCUT2D eigenvalue weighted by Gasteiger charge is 2.10. The van der Waals surface area contributed by atoms with Crippen LogP contribution in [0.5, 0.6) is 0 Å². The maximum Gasteiger partial charge on any atom is 0.170 e. The van der Waals surface area contributed by atoms with Gasteiger partial charge in [0.05, 0.1) is 5.52 Å². The molecule has 5 nitrogen and oxygen atoms in total. The van der Waals surface area contributed by atoms with E-state index in [2.05, 4.69) is 15.1 Å². The summed E-state index contributed by atoms with van der Waals surface area (Å²) in [5.74, 6) is 0.0742. The molecule has 6 heteroatoms. The number of aromatic nitrogens is 2. The standard InChI is InChI=1S/C15H12N4OS/c16-15(19-20)12-9-14(21-10-5-7-17-8-6-10)18-13-4-2-1-3-11(12)13/h1-9,20H,(H2,16,19). The van der Waals surface area contributed by atoms with Crippen LogP contribution in [0.1, 0.15) is 5.56 Å². The van der Waals surface area contributed by atoms with Crippen LogP contribution in [-0.2, 0) is 0 Å². The number of nitrogens with zero attached hydrogens (tertiary/aromatic N) is 3. The van der Waals surface area contributed by atoms with Crippen molar-refractivity contribution in [2.75, 3.05) is 0 Å². The molecule has 0 atom stereocenters. The van der Waals surface area contributed by atoms with Crippen LogP contribution in [0.4, 0.5) is 0 Å². The number of oxime groups is 1. The molecule has 0 bridgehead atoms. The molecule has 0 aliphatic heterocycles. The maximum atomic E-state index is 8.96. The van der Waals surface area contributed by atoms with Gasteiger partial charge in [-0.15, -0.1) is 0 Å². The Morgan fingerprint density at radius 1 is 1.14 bits per heavy atom. The molecular formula is C15H12N4OS. The van der Waals surface area contributed by atoms with Gasteiger partial charge in [0, 0.05) is 28.2 Å². The third-order valence-electron chi connectivity index (χ3n) is 2.95. The summed E-state index contributed by atoms with van der Waals surface area (Å²) in [5, 5.41) is 13.7. The van der Waals surface area contributed by atoms with E-state index < -0.39 is 0 Å². The molecule has 1 aromatic carbocycles. The van der Waals surface area contributed by atoms with E-state index in [0.29, 0.717) is 5.56 Å². The highest BCUT2D eigenvalue weighted by Crippen LogP contribution is 2.29. The van der Waals surface area contributed by atoms with Crippen molar-refractivity contribution < 1.29 is 5.21 Å². The molecule has 0 aliphatic rings. The van der Waals surface area contributed by atoms with Crippen LogP contribution in [0, 0.1) is 0 Å². The molecule has 21 heavy (non-hydrogen) atoms. The molecule has 0 saturated carbocycles. The van der Waals surface area contributed by atoms with Gasteiger partial charge in [0.15, 0.2) is 5.84 Å². The number of rotatable bonds is 3. The average Bonchev–Trinajstić information content (AvgIpc) is 2.54. The van der Waals surface area contributed by atoms with Crippen LogP contribution in [0.2, 0.25) is 0 Å². The lowest BCUT2D eigenvalue weighted by Crippen LogP contribution is -2.14. The van der Waals surface area contributed by atoms with Crippen molar-refractivity contribution in [1.29, 1.82) is 0 Å². The Hall–Kier alpha value is -2.60. The Balaban J connectivity index is 2.12. The normalized spacial score (nSPS) is 11.7. The molecule has 0 saturated heterocycles. The summed E-state index contributed by atoms with van der Waals surface area (Å²) in [7, 11) is 0. The highest BCUT2D eigenvalue weighted by atomic mass is 32.2. The minimum Gasteiger partial charge on any atom is -0.409 e. The summed E-state index contributed by atoms with van der Waals surface area (Å²) >= 11 is 1.50. The highest BCUT2D eigenvalue weighted by molar-refractivity contribution is 7.99. The smallest absolute Gasteiger partial charge is 0.170 e. The van der Waals surface area contributed by atoms with Crippen LogP contribution in [0.25, 0.3) is 10.9 Å². The van der Waals surface area contributed by atoms with E-state index in [1.807, 2.05) is 42.5 Å². The average molecular weight is 296 g/mol. The van der Waals surface area contributed by atoms with E-state index in [1.165, 1.54) is 11.8 Å². The number of hydrogen-bond donors (Lipinski definition) is 2. The first-order chi connectivity index (χ1) is 10.3. The van der Waals surface area contributed by atoms with Gasteiger partial charge >= 0.3 is 0 Å². The maximum absolute atomic E-state index is 8.96. The zero-order valence-electron chi connectivity index (χ0n) is 11.0.